The van der Waals surface area contributed by atoms with Crippen LogP contribution in [0, 0.1) is 11.8 Å². The molecule has 1 aliphatic rings. The van der Waals surface area contributed by atoms with Crippen molar-refractivity contribution in [2.75, 3.05) is 0 Å². The second-order valence-corrected chi connectivity index (χ2v) is 6.50. The number of carbonyl (C=O) groups excluding carboxylic acids is 1. The number of aromatic nitrogens is 1. The molecule has 1 aromatic carbocycles. The zero-order valence-corrected chi connectivity index (χ0v) is 14.8. The van der Waals surface area contributed by atoms with E-state index in [0.717, 1.165) is 0 Å². The van der Waals surface area contributed by atoms with E-state index in [1.54, 1.807) is 42.6 Å². The molecule has 0 radical (unpaired) electrons. The van der Waals surface area contributed by atoms with E-state index in [4.69, 9.17) is 11.6 Å². The highest BCUT2D eigenvalue weighted by atomic mass is 35.5. The van der Waals surface area contributed by atoms with E-state index < -0.39 is 5.67 Å². The van der Waals surface area contributed by atoms with Gasteiger partial charge in [-0.2, -0.15) is 0 Å². The number of hydrogen-bond acceptors (Lipinski definition) is 2. The van der Waals surface area contributed by atoms with Gasteiger partial charge < -0.3 is 5.32 Å². The predicted octanol–water partition coefficient (Wildman–Crippen LogP) is 4.44. The number of alkyl halides is 1. The first-order valence-corrected chi connectivity index (χ1v) is 8.43. The van der Waals surface area contributed by atoms with E-state index in [1.165, 1.54) is 13.0 Å². The first-order valence-electron chi connectivity index (χ1n) is 8.05. The predicted molar refractivity (Wildman–Crippen MR) is 100 cm³/mol. The third-order valence-electron chi connectivity index (χ3n) is 3.80. The van der Waals surface area contributed by atoms with Crippen molar-refractivity contribution >= 4 is 17.5 Å². The first kappa shape index (κ1) is 17.9. The summed E-state index contributed by atoms with van der Waals surface area (Å²) in [6, 6.07) is 10.5. The van der Waals surface area contributed by atoms with Crippen LogP contribution in [-0.4, -0.2) is 16.6 Å². The standard InChI is InChI=1S/C21H16ClFN2O/c1-21(23)11-9-17(10-12-21)25-20(26)18-14-15(6-8-19(18)22)5-7-16-4-2-3-13-24-16/h2-4,6,8-11,13-14H,12H2,1H3,(H,25,26). The summed E-state index contributed by atoms with van der Waals surface area (Å²) >= 11 is 6.15. The molecule has 26 heavy (non-hydrogen) atoms. The highest BCUT2D eigenvalue weighted by Gasteiger charge is 2.21. The first-order chi connectivity index (χ1) is 12.4. The summed E-state index contributed by atoms with van der Waals surface area (Å²) in [5, 5.41) is 3.06. The molecule has 0 aliphatic heterocycles. The van der Waals surface area contributed by atoms with Gasteiger partial charge in [0, 0.05) is 23.9 Å². The van der Waals surface area contributed by atoms with Gasteiger partial charge >= 0.3 is 0 Å². The average Bonchev–Trinajstić information content (AvgIpc) is 2.63. The molecule has 0 saturated carbocycles. The number of rotatable bonds is 2. The van der Waals surface area contributed by atoms with Gasteiger partial charge in [0.2, 0.25) is 0 Å². The zero-order valence-electron chi connectivity index (χ0n) is 14.1. The highest BCUT2D eigenvalue weighted by Crippen LogP contribution is 2.24. The Bertz CT molecular complexity index is 953. The fourth-order valence-corrected chi connectivity index (χ4v) is 2.55. The molecular weight excluding hydrogens is 351 g/mol. The molecule has 0 bridgehead atoms. The quantitative estimate of drug-likeness (QED) is 0.798. The summed E-state index contributed by atoms with van der Waals surface area (Å²) in [5.74, 6) is 5.54. The number of allylic oxidation sites excluding steroid dienone is 3. The van der Waals surface area contributed by atoms with Crippen LogP contribution in [0.15, 0.2) is 66.5 Å². The van der Waals surface area contributed by atoms with Crippen LogP contribution in [0.1, 0.15) is 35.0 Å². The monoisotopic (exact) mass is 366 g/mol. The lowest BCUT2D eigenvalue weighted by atomic mass is 9.98. The normalized spacial score (nSPS) is 18.5. The van der Waals surface area contributed by atoms with Gasteiger partial charge in [-0.3, -0.25) is 4.79 Å². The molecule has 1 aliphatic carbocycles. The summed E-state index contributed by atoms with van der Waals surface area (Å²) in [6.45, 7) is 1.49. The van der Waals surface area contributed by atoms with Gasteiger partial charge in [0.15, 0.2) is 0 Å². The van der Waals surface area contributed by atoms with Crippen molar-refractivity contribution in [2.24, 2.45) is 0 Å². The van der Waals surface area contributed by atoms with Gasteiger partial charge in [0.25, 0.3) is 5.91 Å². The van der Waals surface area contributed by atoms with Crippen molar-refractivity contribution in [2.45, 2.75) is 19.0 Å². The van der Waals surface area contributed by atoms with Crippen molar-refractivity contribution < 1.29 is 9.18 Å². The van der Waals surface area contributed by atoms with Gasteiger partial charge in [-0.1, -0.05) is 29.7 Å². The molecule has 1 atom stereocenters. The van der Waals surface area contributed by atoms with Crippen molar-refractivity contribution in [3.05, 3.63) is 88.4 Å². The van der Waals surface area contributed by atoms with Gasteiger partial charge in [-0.25, -0.2) is 9.37 Å². The maximum atomic E-state index is 13.8. The van der Waals surface area contributed by atoms with Crippen LogP contribution in [0.5, 0.6) is 0 Å². The Hall–Kier alpha value is -2.90. The Morgan fingerprint density at radius 2 is 2.15 bits per heavy atom. The number of amides is 1. The van der Waals surface area contributed by atoms with Crippen LogP contribution in [0.25, 0.3) is 0 Å². The summed E-state index contributed by atoms with van der Waals surface area (Å²) < 4.78 is 13.8. The summed E-state index contributed by atoms with van der Waals surface area (Å²) in [5.41, 5.74) is 0.760. The van der Waals surface area contributed by atoms with E-state index in [9.17, 15) is 9.18 Å². The SMILES string of the molecule is CC1(F)C=CC(NC(=O)c2cc(C#Cc3ccccn3)ccc2Cl)=CC1. The van der Waals surface area contributed by atoms with Gasteiger partial charge in [-0.05, 0) is 55.3 Å². The van der Waals surface area contributed by atoms with Gasteiger partial charge in [0.05, 0.1) is 10.6 Å². The summed E-state index contributed by atoms with van der Waals surface area (Å²) in [6.07, 6.45) is 6.51. The molecule has 3 nitrogen and oxygen atoms in total. The number of nitrogens with zero attached hydrogens (tertiary/aromatic N) is 1. The molecule has 1 N–H and O–H groups in total. The number of benzene rings is 1. The molecule has 0 saturated heterocycles. The number of carbonyl (C=O) groups is 1. The minimum atomic E-state index is -1.38. The minimum Gasteiger partial charge on any atom is -0.322 e. The smallest absolute Gasteiger partial charge is 0.257 e. The molecule has 0 spiro atoms. The van der Waals surface area contributed by atoms with Crippen molar-refractivity contribution in [3.8, 4) is 11.8 Å². The largest absolute Gasteiger partial charge is 0.322 e. The Morgan fingerprint density at radius 1 is 1.31 bits per heavy atom. The fraction of sp³-hybridized carbons (Fsp3) is 0.143. The van der Waals surface area contributed by atoms with E-state index in [-0.39, 0.29) is 12.3 Å². The highest BCUT2D eigenvalue weighted by molar-refractivity contribution is 6.33. The molecule has 1 unspecified atom stereocenters. The third-order valence-corrected chi connectivity index (χ3v) is 4.13. The van der Waals surface area contributed by atoms with E-state index >= 15 is 0 Å². The summed E-state index contributed by atoms with van der Waals surface area (Å²) in [4.78, 5) is 16.6. The lowest BCUT2D eigenvalue weighted by Crippen LogP contribution is -2.25. The molecule has 2 aromatic rings. The topological polar surface area (TPSA) is 42.0 Å². The van der Waals surface area contributed by atoms with Crippen LogP contribution >= 0.6 is 11.6 Å². The molecule has 1 amide bonds. The molecule has 0 fully saturated rings. The van der Waals surface area contributed by atoms with E-state index in [2.05, 4.69) is 22.1 Å². The lowest BCUT2D eigenvalue weighted by molar-refractivity contribution is 0.0966. The van der Waals surface area contributed by atoms with Crippen LogP contribution in [0.2, 0.25) is 5.02 Å². The molecule has 130 valence electrons. The van der Waals surface area contributed by atoms with Crippen LogP contribution in [-0.2, 0) is 0 Å². The number of halogens is 2. The molecule has 1 heterocycles. The van der Waals surface area contributed by atoms with Gasteiger partial charge in [0.1, 0.15) is 11.4 Å². The second-order valence-electron chi connectivity index (χ2n) is 6.09. The Kier molecular flexibility index (Phi) is 5.20. The Labute approximate surface area is 156 Å². The van der Waals surface area contributed by atoms with Crippen molar-refractivity contribution in [1.82, 2.24) is 10.3 Å². The average molecular weight is 367 g/mol. The Balaban J connectivity index is 1.78. The molecule has 3 rings (SSSR count). The third kappa shape index (κ3) is 4.59. The Morgan fingerprint density at radius 3 is 2.85 bits per heavy atom. The van der Waals surface area contributed by atoms with E-state index in [1.807, 2.05) is 12.1 Å². The second kappa shape index (κ2) is 7.55. The maximum Gasteiger partial charge on any atom is 0.257 e. The molecule has 1 aromatic heterocycles. The van der Waals surface area contributed by atoms with Crippen molar-refractivity contribution in [1.29, 1.82) is 0 Å². The molecule has 5 heteroatoms. The van der Waals surface area contributed by atoms with Crippen LogP contribution in [0.3, 0.4) is 0 Å². The number of pyridine rings is 1. The van der Waals surface area contributed by atoms with Gasteiger partial charge in [-0.15, -0.1) is 0 Å². The number of hydrogen-bond donors (Lipinski definition) is 1. The van der Waals surface area contributed by atoms with E-state index in [0.29, 0.717) is 27.5 Å². The minimum absolute atomic E-state index is 0.211. The summed E-state index contributed by atoms with van der Waals surface area (Å²) in [7, 11) is 0. The van der Waals surface area contributed by atoms with Crippen LogP contribution in [0.4, 0.5) is 4.39 Å². The lowest BCUT2D eigenvalue weighted by Gasteiger charge is -2.19. The maximum absolute atomic E-state index is 13.8. The molecular formula is C21H16ClFN2O. The zero-order chi connectivity index (χ0) is 18.6. The number of nitrogens with one attached hydrogen (secondary N) is 1. The van der Waals surface area contributed by atoms with Crippen molar-refractivity contribution in [3.63, 3.8) is 0 Å². The fourth-order valence-electron chi connectivity index (χ4n) is 2.35. The van der Waals surface area contributed by atoms with Crippen LogP contribution < -0.4 is 5.32 Å².